The van der Waals surface area contributed by atoms with Crippen molar-refractivity contribution >= 4 is 5.69 Å². The highest BCUT2D eigenvalue weighted by atomic mass is 15.2. The molecule has 1 unspecified atom stereocenters. The molecular weight excluding hydrogens is 234 g/mol. The summed E-state index contributed by atoms with van der Waals surface area (Å²) in [5.41, 5.74) is 4.28. The zero-order chi connectivity index (χ0) is 13.2. The number of fused-ring (bicyclic) bond motifs is 1. The summed E-state index contributed by atoms with van der Waals surface area (Å²) in [4.78, 5) is 4.88. The second-order valence-corrected chi connectivity index (χ2v) is 5.77. The van der Waals surface area contributed by atoms with Crippen LogP contribution in [0.4, 0.5) is 5.69 Å². The van der Waals surface area contributed by atoms with Crippen LogP contribution in [0.25, 0.3) is 0 Å². The van der Waals surface area contributed by atoms with Gasteiger partial charge in [0.15, 0.2) is 0 Å². The van der Waals surface area contributed by atoms with E-state index in [0.29, 0.717) is 0 Å². The molecule has 0 N–H and O–H groups in total. The SMILES string of the molecule is CN1CCN(c2cccc3c2CC(C#N)CC3)CC1. The van der Waals surface area contributed by atoms with Gasteiger partial charge in [-0.25, -0.2) is 0 Å². The van der Waals surface area contributed by atoms with Crippen LogP contribution in [0, 0.1) is 17.2 Å². The molecule has 0 spiro atoms. The van der Waals surface area contributed by atoms with Crippen molar-refractivity contribution in [2.24, 2.45) is 5.92 Å². The highest BCUT2D eigenvalue weighted by Crippen LogP contribution is 2.33. The summed E-state index contributed by atoms with van der Waals surface area (Å²) in [5.74, 6) is 0.209. The third-order valence-electron chi connectivity index (χ3n) is 4.49. The third-order valence-corrected chi connectivity index (χ3v) is 4.49. The van der Waals surface area contributed by atoms with E-state index in [-0.39, 0.29) is 5.92 Å². The van der Waals surface area contributed by atoms with E-state index in [2.05, 4.69) is 41.1 Å². The quantitative estimate of drug-likeness (QED) is 0.769. The van der Waals surface area contributed by atoms with E-state index in [0.717, 1.165) is 45.4 Å². The van der Waals surface area contributed by atoms with Crippen LogP contribution in [0.2, 0.25) is 0 Å². The van der Waals surface area contributed by atoms with Crippen molar-refractivity contribution in [1.82, 2.24) is 4.90 Å². The maximum Gasteiger partial charge on any atom is 0.0659 e. The van der Waals surface area contributed by atoms with Gasteiger partial charge in [-0.1, -0.05) is 12.1 Å². The molecule has 0 saturated carbocycles. The lowest BCUT2D eigenvalue weighted by Gasteiger charge is -2.36. The molecule has 3 nitrogen and oxygen atoms in total. The summed E-state index contributed by atoms with van der Waals surface area (Å²) in [6, 6.07) is 9.11. The van der Waals surface area contributed by atoms with Gasteiger partial charge in [0.1, 0.15) is 0 Å². The molecule has 1 heterocycles. The summed E-state index contributed by atoms with van der Waals surface area (Å²) < 4.78 is 0. The molecule has 1 fully saturated rings. The molecule has 1 aromatic rings. The van der Waals surface area contributed by atoms with Crippen molar-refractivity contribution in [1.29, 1.82) is 5.26 Å². The summed E-state index contributed by atoms with van der Waals surface area (Å²) in [6.45, 7) is 4.46. The predicted octanol–water partition coefficient (Wildman–Crippen LogP) is 2.07. The Morgan fingerprint density at radius 3 is 2.74 bits per heavy atom. The fourth-order valence-corrected chi connectivity index (χ4v) is 3.22. The largest absolute Gasteiger partial charge is 0.369 e. The van der Waals surface area contributed by atoms with Crippen molar-refractivity contribution in [2.75, 3.05) is 38.1 Å². The van der Waals surface area contributed by atoms with Gasteiger partial charge >= 0.3 is 0 Å². The number of nitrogens with zero attached hydrogens (tertiary/aromatic N) is 3. The molecule has 0 radical (unpaired) electrons. The lowest BCUT2D eigenvalue weighted by Crippen LogP contribution is -2.45. The first kappa shape index (κ1) is 12.5. The molecule has 1 atom stereocenters. The van der Waals surface area contributed by atoms with Gasteiger partial charge in [0.05, 0.1) is 12.0 Å². The number of nitriles is 1. The van der Waals surface area contributed by atoms with Crippen molar-refractivity contribution in [3.8, 4) is 6.07 Å². The Hall–Kier alpha value is -1.53. The van der Waals surface area contributed by atoms with Gasteiger partial charge < -0.3 is 9.80 Å². The number of anilines is 1. The summed E-state index contributed by atoms with van der Waals surface area (Å²) in [5, 5.41) is 9.18. The van der Waals surface area contributed by atoms with Gasteiger partial charge in [-0.2, -0.15) is 5.26 Å². The Bertz CT molecular complexity index is 495. The van der Waals surface area contributed by atoms with Crippen molar-refractivity contribution in [3.05, 3.63) is 29.3 Å². The smallest absolute Gasteiger partial charge is 0.0659 e. The van der Waals surface area contributed by atoms with E-state index in [9.17, 15) is 5.26 Å². The molecule has 0 bridgehead atoms. The van der Waals surface area contributed by atoms with Crippen molar-refractivity contribution in [3.63, 3.8) is 0 Å². The van der Waals surface area contributed by atoms with E-state index in [4.69, 9.17) is 0 Å². The average Bonchev–Trinajstić information content (AvgIpc) is 2.47. The summed E-state index contributed by atoms with van der Waals surface area (Å²) in [6.07, 6.45) is 3.03. The number of piperazine rings is 1. The van der Waals surface area contributed by atoms with Gasteiger partial charge in [0, 0.05) is 31.9 Å². The standard InChI is InChI=1S/C16H21N3/c1-18-7-9-19(10-8-18)16-4-2-3-14-6-5-13(12-17)11-15(14)16/h2-4,13H,5-11H2,1H3. The first-order valence-electron chi connectivity index (χ1n) is 7.22. The molecule has 0 aromatic heterocycles. The molecule has 3 heteroatoms. The Labute approximate surface area is 115 Å². The monoisotopic (exact) mass is 255 g/mol. The Morgan fingerprint density at radius 1 is 1.21 bits per heavy atom. The van der Waals surface area contributed by atoms with Gasteiger partial charge in [-0.3, -0.25) is 0 Å². The molecule has 100 valence electrons. The summed E-state index contributed by atoms with van der Waals surface area (Å²) >= 11 is 0. The topological polar surface area (TPSA) is 30.3 Å². The summed E-state index contributed by atoms with van der Waals surface area (Å²) in [7, 11) is 2.18. The molecule has 1 aliphatic carbocycles. The highest BCUT2D eigenvalue weighted by molar-refractivity contribution is 5.58. The Balaban J connectivity index is 1.88. The van der Waals surface area contributed by atoms with E-state index >= 15 is 0 Å². The third kappa shape index (κ3) is 2.46. The van der Waals surface area contributed by atoms with Gasteiger partial charge in [-0.15, -0.1) is 0 Å². The molecular formula is C16H21N3. The second kappa shape index (κ2) is 5.22. The predicted molar refractivity (Wildman–Crippen MR) is 77.3 cm³/mol. The highest BCUT2D eigenvalue weighted by Gasteiger charge is 2.24. The lowest BCUT2D eigenvalue weighted by atomic mass is 9.83. The molecule has 2 aliphatic rings. The lowest BCUT2D eigenvalue weighted by molar-refractivity contribution is 0.312. The van der Waals surface area contributed by atoms with Gasteiger partial charge in [-0.05, 0) is 43.5 Å². The number of hydrogen-bond acceptors (Lipinski definition) is 3. The zero-order valence-electron chi connectivity index (χ0n) is 11.6. The van der Waals surface area contributed by atoms with Crippen LogP contribution in [0.3, 0.4) is 0 Å². The van der Waals surface area contributed by atoms with Crippen LogP contribution in [0.1, 0.15) is 17.5 Å². The molecule has 1 saturated heterocycles. The van der Waals surface area contributed by atoms with E-state index in [1.807, 2.05) is 0 Å². The number of hydrogen-bond donors (Lipinski definition) is 0. The van der Waals surface area contributed by atoms with Gasteiger partial charge in [0.25, 0.3) is 0 Å². The van der Waals surface area contributed by atoms with Crippen LogP contribution in [-0.4, -0.2) is 38.1 Å². The minimum Gasteiger partial charge on any atom is -0.369 e. The average molecular weight is 255 g/mol. The minimum absolute atomic E-state index is 0.209. The van der Waals surface area contributed by atoms with Crippen molar-refractivity contribution < 1.29 is 0 Å². The van der Waals surface area contributed by atoms with Gasteiger partial charge in [0.2, 0.25) is 0 Å². The maximum absolute atomic E-state index is 9.18. The van der Waals surface area contributed by atoms with E-state index in [1.54, 1.807) is 0 Å². The maximum atomic E-state index is 9.18. The zero-order valence-corrected chi connectivity index (χ0v) is 11.6. The number of benzene rings is 1. The second-order valence-electron chi connectivity index (χ2n) is 5.77. The first-order chi connectivity index (χ1) is 9.28. The number of likely N-dealkylation sites (N-methyl/N-ethyl adjacent to an activating group) is 1. The van der Waals surface area contributed by atoms with Crippen molar-refractivity contribution in [2.45, 2.75) is 19.3 Å². The van der Waals surface area contributed by atoms with Crippen LogP contribution < -0.4 is 4.90 Å². The van der Waals surface area contributed by atoms with E-state index < -0.39 is 0 Å². The fraction of sp³-hybridized carbons (Fsp3) is 0.562. The molecule has 0 amide bonds. The molecule has 19 heavy (non-hydrogen) atoms. The number of rotatable bonds is 1. The molecule has 3 rings (SSSR count). The van der Waals surface area contributed by atoms with Crippen LogP contribution in [-0.2, 0) is 12.8 Å². The normalized spacial score (nSPS) is 23.8. The molecule has 1 aromatic carbocycles. The Kier molecular flexibility index (Phi) is 3.44. The fourth-order valence-electron chi connectivity index (χ4n) is 3.22. The Morgan fingerprint density at radius 2 is 2.00 bits per heavy atom. The van der Waals surface area contributed by atoms with Crippen LogP contribution in [0.5, 0.6) is 0 Å². The minimum atomic E-state index is 0.209. The number of aryl methyl sites for hydroxylation is 1. The van der Waals surface area contributed by atoms with Crippen LogP contribution >= 0.6 is 0 Å². The molecule has 1 aliphatic heterocycles. The van der Waals surface area contributed by atoms with E-state index in [1.165, 1.54) is 16.8 Å². The first-order valence-corrected chi connectivity index (χ1v) is 7.22. The van der Waals surface area contributed by atoms with Crippen LogP contribution in [0.15, 0.2) is 18.2 Å².